The van der Waals surface area contributed by atoms with Gasteiger partial charge in [-0.3, -0.25) is 0 Å². The fourth-order valence-corrected chi connectivity index (χ4v) is 2.88. The second-order valence-electron chi connectivity index (χ2n) is 5.06. The van der Waals surface area contributed by atoms with Gasteiger partial charge in [0, 0.05) is 12.1 Å². The number of rotatable bonds is 1. The molecule has 3 nitrogen and oxygen atoms in total. The lowest BCUT2D eigenvalue weighted by atomic mass is 10.1. The van der Waals surface area contributed by atoms with Crippen molar-refractivity contribution in [2.24, 2.45) is 5.11 Å². The van der Waals surface area contributed by atoms with E-state index in [1.165, 1.54) is 28.2 Å². The summed E-state index contributed by atoms with van der Waals surface area (Å²) in [5, 5.41) is 4.66. The van der Waals surface area contributed by atoms with E-state index in [-0.39, 0.29) is 0 Å². The summed E-state index contributed by atoms with van der Waals surface area (Å²) in [7, 11) is 0. The first-order valence-corrected chi connectivity index (χ1v) is 6.39. The minimum atomic E-state index is 0.844. The molecule has 0 amide bonds. The molecule has 0 unspecified atom stereocenters. The van der Waals surface area contributed by atoms with Gasteiger partial charge in [0.05, 0.1) is 6.42 Å². The van der Waals surface area contributed by atoms with E-state index in [1.54, 1.807) is 0 Å². The molecule has 0 saturated carbocycles. The topological polar surface area (TPSA) is 18.4 Å². The maximum absolute atomic E-state index is 4.66. The zero-order valence-electron chi connectivity index (χ0n) is 10.4. The van der Waals surface area contributed by atoms with Gasteiger partial charge >= 0.3 is 5.70 Å². The summed E-state index contributed by atoms with van der Waals surface area (Å²) in [5.74, 6) is 0. The molecule has 0 fully saturated rings. The molecule has 0 aromatic heterocycles. The minimum Gasteiger partial charge on any atom is -0.192 e. The SMILES string of the molecule is Cc1ccc([N+]2=NCC3=C2C2=[N+](C=CC2)C3)cc1. The molecule has 3 heterocycles. The highest BCUT2D eigenvalue weighted by molar-refractivity contribution is 5.98. The van der Waals surface area contributed by atoms with Crippen LogP contribution in [0, 0.1) is 6.92 Å². The van der Waals surface area contributed by atoms with Crippen molar-refractivity contribution in [2.75, 3.05) is 13.1 Å². The molecule has 0 spiro atoms. The van der Waals surface area contributed by atoms with Crippen molar-refractivity contribution in [1.29, 1.82) is 0 Å². The second kappa shape index (κ2) is 3.48. The van der Waals surface area contributed by atoms with Gasteiger partial charge < -0.3 is 0 Å². The van der Waals surface area contributed by atoms with E-state index in [1.807, 2.05) is 0 Å². The van der Waals surface area contributed by atoms with Gasteiger partial charge in [0.1, 0.15) is 12.1 Å². The number of aryl methyl sites for hydroxylation is 1. The number of allylic oxidation sites excluding steroid dienone is 2. The van der Waals surface area contributed by atoms with Crippen molar-refractivity contribution in [3.8, 4) is 0 Å². The van der Waals surface area contributed by atoms with Gasteiger partial charge in [-0.25, -0.2) is 0 Å². The number of fused-ring (bicyclic) bond motifs is 1. The second-order valence-corrected chi connectivity index (χ2v) is 5.06. The lowest BCUT2D eigenvalue weighted by Crippen LogP contribution is -2.13. The third kappa shape index (κ3) is 1.27. The first-order chi connectivity index (χ1) is 8.83. The van der Waals surface area contributed by atoms with Crippen LogP contribution in [0.1, 0.15) is 12.0 Å². The summed E-state index contributed by atoms with van der Waals surface area (Å²) in [6, 6.07) is 8.60. The molecular weight excluding hydrogens is 222 g/mol. The van der Waals surface area contributed by atoms with E-state index >= 15 is 0 Å². The molecule has 88 valence electrons. The van der Waals surface area contributed by atoms with Crippen LogP contribution in [-0.2, 0) is 0 Å². The molecule has 0 bridgehead atoms. The highest BCUT2D eigenvalue weighted by atomic mass is 15.3. The zero-order chi connectivity index (χ0) is 12.1. The highest BCUT2D eigenvalue weighted by Crippen LogP contribution is 2.31. The average Bonchev–Trinajstić information content (AvgIpc) is 3.01. The molecule has 0 radical (unpaired) electrons. The fourth-order valence-electron chi connectivity index (χ4n) is 2.88. The number of benzene rings is 1. The third-order valence-electron chi connectivity index (χ3n) is 3.81. The Kier molecular flexibility index (Phi) is 1.92. The molecule has 3 aliphatic rings. The predicted octanol–water partition coefficient (Wildman–Crippen LogP) is 2.74. The lowest BCUT2D eigenvalue weighted by Gasteiger charge is -1.97. The van der Waals surface area contributed by atoms with Gasteiger partial charge in [-0.15, -0.1) is 0 Å². The Balaban J connectivity index is 1.78. The largest absolute Gasteiger partial charge is 0.312 e. The van der Waals surface area contributed by atoms with Crippen LogP contribution in [0.15, 0.2) is 52.9 Å². The minimum absolute atomic E-state index is 0.844. The van der Waals surface area contributed by atoms with E-state index in [4.69, 9.17) is 0 Å². The van der Waals surface area contributed by atoms with Crippen LogP contribution < -0.4 is 0 Å². The third-order valence-corrected chi connectivity index (χ3v) is 3.81. The molecule has 3 heteroatoms. The molecule has 3 aliphatic heterocycles. The molecular formula is C15H15N3+2. The quantitative estimate of drug-likeness (QED) is 0.669. The van der Waals surface area contributed by atoms with Crippen LogP contribution in [0.3, 0.4) is 0 Å². The van der Waals surface area contributed by atoms with Crippen LogP contribution in [0.2, 0.25) is 0 Å². The van der Waals surface area contributed by atoms with Crippen molar-refractivity contribution < 1.29 is 9.27 Å². The molecule has 0 atom stereocenters. The number of azo groups is 2. The predicted molar refractivity (Wildman–Crippen MR) is 69.3 cm³/mol. The van der Waals surface area contributed by atoms with E-state index in [9.17, 15) is 0 Å². The van der Waals surface area contributed by atoms with E-state index in [2.05, 4.69) is 57.9 Å². The molecule has 18 heavy (non-hydrogen) atoms. The smallest absolute Gasteiger partial charge is 0.192 e. The summed E-state index contributed by atoms with van der Waals surface area (Å²) in [5.41, 5.74) is 6.66. The maximum Gasteiger partial charge on any atom is 0.312 e. The van der Waals surface area contributed by atoms with Gasteiger partial charge in [0.25, 0.3) is 5.71 Å². The Morgan fingerprint density at radius 1 is 1.17 bits per heavy atom. The molecule has 4 rings (SSSR count). The van der Waals surface area contributed by atoms with Crippen molar-refractivity contribution in [1.82, 2.24) is 0 Å². The van der Waals surface area contributed by atoms with Crippen molar-refractivity contribution in [2.45, 2.75) is 13.3 Å². The molecule has 0 N–H and O–H groups in total. The monoisotopic (exact) mass is 237 g/mol. The van der Waals surface area contributed by atoms with Gasteiger partial charge in [0.2, 0.25) is 5.69 Å². The number of nitrogens with zero attached hydrogens (tertiary/aromatic N) is 3. The van der Waals surface area contributed by atoms with Gasteiger partial charge in [-0.2, -0.15) is 4.58 Å². The first-order valence-electron chi connectivity index (χ1n) is 6.39. The van der Waals surface area contributed by atoms with Crippen molar-refractivity contribution in [3.63, 3.8) is 0 Å². The normalized spacial score (nSPS) is 20.6. The van der Waals surface area contributed by atoms with Gasteiger partial charge in [-0.1, -0.05) is 17.7 Å². The Morgan fingerprint density at radius 2 is 2.00 bits per heavy atom. The summed E-state index contributed by atoms with van der Waals surface area (Å²) >= 11 is 0. The molecule has 1 aromatic carbocycles. The van der Waals surface area contributed by atoms with Crippen molar-refractivity contribution in [3.05, 3.63) is 53.4 Å². The summed E-state index contributed by atoms with van der Waals surface area (Å²) < 4.78 is 4.47. The summed E-state index contributed by atoms with van der Waals surface area (Å²) in [6.07, 6.45) is 5.46. The van der Waals surface area contributed by atoms with Crippen LogP contribution in [0.5, 0.6) is 0 Å². The fraction of sp³-hybridized carbons (Fsp3) is 0.267. The Morgan fingerprint density at radius 3 is 2.83 bits per heavy atom. The van der Waals surface area contributed by atoms with E-state index in [0.717, 1.165) is 19.5 Å². The summed E-state index contributed by atoms with van der Waals surface area (Å²) in [4.78, 5) is 0. The van der Waals surface area contributed by atoms with Crippen LogP contribution in [0.25, 0.3) is 0 Å². The Labute approximate surface area is 106 Å². The number of hydrogen-bond donors (Lipinski definition) is 0. The van der Waals surface area contributed by atoms with Crippen molar-refractivity contribution >= 4 is 11.4 Å². The van der Waals surface area contributed by atoms with Crippen LogP contribution in [-0.4, -0.2) is 28.1 Å². The lowest BCUT2D eigenvalue weighted by molar-refractivity contribution is -0.464. The highest BCUT2D eigenvalue weighted by Gasteiger charge is 2.45. The molecule has 0 aliphatic carbocycles. The number of hydrogen-bond acceptors (Lipinski definition) is 1. The van der Waals surface area contributed by atoms with Crippen LogP contribution >= 0.6 is 0 Å². The van der Waals surface area contributed by atoms with Crippen LogP contribution in [0.4, 0.5) is 5.69 Å². The van der Waals surface area contributed by atoms with Gasteiger partial charge in [0.15, 0.2) is 12.7 Å². The Hall–Kier alpha value is -2.03. The maximum atomic E-state index is 4.66. The average molecular weight is 237 g/mol. The summed E-state index contributed by atoms with van der Waals surface area (Å²) in [6.45, 7) is 3.98. The molecule has 0 saturated heterocycles. The van der Waals surface area contributed by atoms with E-state index < -0.39 is 0 Å². The molecule has 1 aromatic rings. The van der Waals surface area contributed by atoms with E-state index in [0.29, 0.717) is 0 Å². The Bertz CT molecular complexity index is 657. The zero-order valence-corrected chi connectivity index (χ0v) is 10.4. The van der Waals surface area contributed by atoms with Gasteiger partial charge in [-0.05, 0) is 22.8 Å². The first kappa shape index (κ1) is 9.95. The standard InChI is InChI=1S/C15H15N3/c1-11-4-6-13(7-5-11)18-15-12(9-16-18)10-17-8-2-3-14(15)17/h2,4-8H,3,9-10H2,1H3/q+2.